The summed E-state index contributed by atoms with van der Waals surface area (Å²) in [6.07, 6.45) is 0.278. The maximum absolute atomic E-state index is 13.2. The molecular weight excluding hydrogens is 237 g/mol. The van der Waals surface area contributed by atoms with E-state index in [2.05, 4.69) is 0 Å². The lowest BCUT2D eigenvalue weighted by molar-refractivity contribution is -0.253. The van der Waals surface area contributed by atoms with E-state index in [9.17, 15) is 13.2 Å². The van der Waals surface area contributed by atoms with Gasteiger partial charge < -0.3 is 0 Å². The second kappa shape index (κ2) is 5.26. The topological polar surface area (TPSA) is 0 Å². The standard InChI is InChI=1S/C15H27F3/c1-12(2,3)10-8-9-11-14(7,13(4,5)6)15(16,17)18/h8,10H,9,11H2,1-7H3/b10-8+/t14-/m1/s1. The van der Waals surface area contributed by atoms with E-state index in [0.29, 0.717) is 6.42 Å². The Bertz CT molecular complexity index is 270. The third-order valence-corrected chi connectivity index (χ3v) is 3.71. The Hall–Kier alpha value is -0.470. The van der Waals surface area contributed by atoms with Gasteiger partial charge in [0.25, 0.3) is 0 Å². The fourth-order valence-corrected chi connectivity index (χ4v) is 1.75. The van der Waals surface area contributed by atoms with Crippen LogP contribution in [0.15, 0.2) is 12.2 Å². The van der Waals surface area contributed by atoms with Gasteiger partial charge >= 0.3 is 6.18 Å². The van der Waals surface area contributed by atoms with Crippen LogP contribution in [0.1, 0.15) is 61.3 Å². The van der Waals surface area contributed by atoms with E-state index in [1.165, 1.54) is 6.92 Å². The summed E-state index contributed by atoms with van der Waals surface area (Å²) in [7, 11) is 0. The molecule has 0 aromatic carbocycles. The van der Waals surface area contributed by atoms with E-state index < -0.39 is 17.0 Å². The van der Waals surface area contributed by atoms with Gasteiger partial charge in [-0.25, -0.2) is 0 Å². The maximum atomic E-state index is 13.2. The molecule has 0 bridgehead atoms. The zero-order valence-corrected chi connectivity index (χ0v) is 12.7. The molecule has 0 fully saturated rings. The first-order valence-electron chi connectivity index (χ1n) is 6.45. The summed E-state index contributed by atoms with van der Waals surface area (Å²) in [6.45, 7) is 12.4. The molecule has 0 aromatic heterocycles. The van der Waals surface area contributed by atoms with Gasteiger partial charge in [-0.15, -0.1) is 0 Å². The fourth-order valence-electron chi connectivity index (χ4n) is 1.75. The first-order valence-corrected chi connectivity index (χ1v) is 6.45. The second-order valence-electron chi connectivity index (χ2n) is 7.39. The molecule has 3 heteroatoms. The van der Waals surface area contributed by atoms with Gasteiger partial charge in [-0.2, -0.15) is 13.2 Å². The Morgan fingerprint density at radius 1 is 0.833 bits per heavy atom. The highest BCUT2D eigenvalue weighted by Gasteiger charge is 2.56. The predicted octanol–water partition coefficient (Wildman–Crippen LogP) is 5.98. The molecule has 0 aliphatic rings. The van der Waals surface area contributed by atoms with Crippen LogP contribution in [0, 0.1) is 16.2 Å². The smallest absolute Gasteiger partial charge is 0.170 e. The summed E-state index contributed by atoms with van der Waals surface area (Å²) < 4.78 is 39.7. The van der Waals surface area contributed by atoms with Gasteiger partial charge in [-0.1, -0.05) is 60.6 Å². The summed E-state index contributed by atoms with van der Waals surface area (Å²) in [5.41, 5.74) is -2.42. The molecular formula is C15H27F3. The molecule has 0 saturated heterocycles. The van der Waals surface area contributed by atoms with E-state index in [-0.39, 0.29) is 11.8 Å². The fraction of sp³-hybridized carbons (Fsp3) is 0.867. The monoisotopic (exact) mass is 264 g/mol. The molecule has 0 nitrogen and oxygen atoms in total. The second-order valence-corrected chi connectivity index (χ2v) is 7.39. The minimum absolute atomic E-state index is 0.0242. The van der Waals surface area contributed by atoms with Crippen molar-refractivity contribution < 1.29 is 13.2 Å². The summed E-state index contributed by atoms with van der Waals surface area (Å²) >= 11 is 0. The molecule has 0 amide bonds. The van der Waals surface area contributed by atoms with Crippen LogP contribution in [0.2, 0.25) is 0 Å². The van der Waals surface area contributed by atoms with Crippen LogP contribution in [0.25, 0.3) is 0 Å². The molecule has 1 atom stereocenters. The number of rotatable bonds is 3. The van der Waals surface area contributed by atoms with Crippen molar-refractivity contribution in [1.29, 1.82) is 0 Å². The number of alkyl halides is 3. The van der Waals surface area contributed by atoms with Crippen LogP contribution in [0.5, 0.6) is 0 Å². The minimum atomic E-state index is -4.17. The van der Waals surface area contributed by atoms with Crippen molar-refractivity contribution in [2.45, 2.75) is 67.5 Å². The van der Waals surface area contributed by atoms with Crippen molar-refractivity contribution in [2.24, 2.45) is 16.2 Å². The highest BCUT2D eigenvalue weighted by molar-refractivity contribution is 4.97. The van der Waals surface area contributed by atoms with E-state index in [0.717, 1.165) is 0 Å². The lowest BCUT2D eigenvalue weighted by Crippen LogP contribution is -2.45. The molecule has 0 spiro atoms. The van der Waals surface area contributed by atoms with Gasteiger partial charge in [0.1, 0.15) is 0 Å². The summed E-state index contributed by atoms with van der Waals surface area (Å²) in [4.78, 5) is 0. The SMILES string of the molecule is CC(C)(C)/C=C/CC[C@](C)(C(C)(C)C)C(F)(F)F. The van der Waals surface area contributed by atoms with E-state index in [4.69, 9.17) is 0 Å². The predicted molar refractivity (Wildman–Crippen MR) is 71.4 cm³/mol. The van der Waals surface area contributed by atoms with Gasteiger partial charge in [0, 0.05) is 0 Å². The number of halogens is 3. The van der Waals surface area contributed by atoms with Gasteiger partial charge in [0.15, 0.2) is 0 Å². The van der Waals surface area contributed by atoms with Crippen molar-refractivity contribution in [3.8, 4) is 0 Å². The summed E-state index contributed by atoms with van der Waals surface area (Å²) in [6, 6.07) is 0. The van der Waals surface area contributed by atoms with Crippen LogP contribution < -0.4 is 0 Å². The van der Waals surface area contributed by atoms with E-state index in [1.807, 2.05) is 32.9 Å². The number of allylic oxidation sites excluding steroid dienone is 2. The van der Waals surface area contributed by atoms with Crippen molar-refractivity contribution in [3.63, 3.8) is 0 Å². The Labute approximate surface area is 110 Å². The molecule has 0 aliphatic carbocycles. The minimum Gasteiger partial charge on any atom is -0.170 e. The molecule has 0 rings (SSSR count). The summed E-state index contributed by atoms with van der Waals surface area (Å²) in [5.74, 6) is 0. The van der Waals surface area contributed by atoms with Crippen LogP contribution >= 0.6 is 0 Å². The molecule has 0 aromatic rings. The van der Waals surface area contributed by atoms with Crippen LogP contribution in [-0.4, -0.2) is 6.18 Å². The van der Waals surface area contributed by atoms with E-state index >= 15 is 0 Å². The molecule has 18 heavy (non-hydrogen) atoms. The van der Waals surface area contributed by atoms with Gasteiger partial charge in [0.05, 0.1) is 5.41 Å². The molecule has 0 saturated carbocycles. The highest BCUT2D eigenvalue weighted by atomic mass is 19.4. The van der Waals surface area contributed by atoms with Gasteiger partial charge in [0.2, 0.25) is 0 Å². The van der Waals surface area contributed by atoms with Crippen LogP contribution in [0.4, 0.5) is 13.2 Å². The first kappa shape index (κ1) is 17.5. The van der Waals surface area contributed by atoms with Crippen molar-refractivity contribution in [1.82, 2.24) is 0 Å². The first-order chi connectivity index (χ1) is 7.71. The highest BCUT2D eigenvalue weighted by Crippen LogP contribution is 2.53. The van der Waals surface area contributed by atoms with Crippen molar-refractivity contribution in [3.05, 3.63) is 12.2 Å². The van der Waals surface area contributed by atoms with E-state index in [1.54, 1.807) is 20.8 Å². The van der Waals surface area contributed by atoms with Crippen molar-refractivity contribution in [2.75, 3.05) is 0 Å². The Balaban J connectivity index is 4.83. The lowest BCUT2D eigenvalue weighted by atomic mass is 9.65. The van der Waals surface area contributed by atoms with Crippen LogP contribution in [-0.2, 0) is 0 Å². The molecule has 0 radical (unpaired) electrons. The third-order valence-electron chi connectivity index (χ3n) is 3.71. The quantitative estimate of drug-likeness (QED) is 0.550. The molecule has 0 N–H and O–H groups in total. The molecule has 0 unspecified atom stereocenters. The Kier molecular flexibility index (Phi) is 5.12. The van der Waals surface area contributed by atoms with Gasteiger partial charge in [-0.05, 0) is 23.7 Å². The molecule has 0 aliphatic heterocycles. The maximum Gasteiger partial charge on any atom is 0.394 e. The average molecular weight is 264 g/mol. The third kappa shape index (κ3) is 4.66. The Morgan fingerprint density at radius 2 is 1.28 bits per heavy atom. The molecule has 108 valence electrons. The Morgan fingerprint density at radius 3 is 1.56 bits per heavy atom. The summed E-state index contributed by atoms with van der Waals surface area (Å²) in [5, 5.41) is 0. The van der Waals surface area contributed by atoms with Crippen molar-refractivity contribution >= 4 is 0 Å². The zero-order valence-electron chi connectivity index (χ0n) is 12.7. The molecule has 0 heterocycles. The lowest BCUT2D eigenvalue weighted by Gasteiger charge is -2.43. The number of hydrogen-bond acceptors (Lipinski definition) is 0. The average Bonchev–Trinajstić information content (AvgIpc) is 2.06. The zero-order chi connectivity index (χ0) is 14.8. The van der Waals surface area contributed by atoms with Crippen LogP contribution in [0.3, 0.4) is 0 Å². The number of hydrogen-bond donors (Lipinski definition) is 0. The van der Waals surface area contributed by atoms with Gasteiger partial charge in [-0.3, -0.25) is 0 Å². The largest absolute Gasteiger partial charge is 0.394 e. The normalized spacial score (nSPS) is 18.1.